The summed E-state index contributed by atoms with van der Waals surface area (Å²) in [5.74, 6) is -1.000. The van der Waals surface area contributed by atoms with Crippen LogP contribution >= 0.6 is 34.8 Å². The quantitative estimate of drug-likeness (QED) is 0.346. The number of carbonyl (C=O) groups is 2. The summed E-state index contributed by atoms with van der Waals surface area (Å²) >= 11 is 18.2. The van der Waals surface area contributed by atoms with E-state index in [1.807, 2.05) is 0 Å². The third kappa shape index (κ3) is 3.83. The Morgan fingerprint density at radius 3 is 2.52 bits per heavy atom. The monoisotopic (exact) mass is 423 g/mol. The number of hydrogen-bond acceptors (Lipinski definition) is 5. The lowest BCUT2D eigenvalue weighted by Crippen LogP contribution is -2.11. The van der Waals surface area contributed by atoms with Gasteiger partial charge >= 0.3 is 5.97 Å². The number of esters is 1. The maximum atomic E-state index is 13.1. The molecule has 0 aliphatic carbocycles. The molecule has 0 bridgehead atoms. The average molecular weight is 425 g/mol. The third-order valence-electron chi connectivity index (χ3n) is 3.71. The molecule has 2 aromatic carbocycles. The Kier molecular flexibility index (Phi) is 5.79. The van der Waals surface area contributed by atoms with Crippen molar-refractivity contribution in [2.24, 2.45) is 0 Å². The molecule has 1 aromatic heterocycles. The molecule has 9 heteroatoms. The summed E-state index contributed by atoms with van der Waals surface area (Å²) in [5.41, 5.74) is 0.911. The lowest BCUT2D eigenvalue weighted by Gasteiger charge is -2.11. The van der Waals surface area contributed by atoms with Crippen molar-refractivity contribution in [3.63, 3.8) is 0 Å². The molecular weight excluding hydrogens is 413 g/mol. The van der Waals surface area contributed by atoms with Gasteiger partial charge in [-0.1, -0.05) is 35.3 Å². The molecule has 0 fully saturated rings. The van der Waals surface area contributed by atoms with Crippen molar-refractivity contribution in [2.75, 3.05) is 7.11 Å². The van der Waals surface area contributed by atoms with Crippen LogP contribution in [0.2, 0.25) is 10.0 Å². The summed E-state index contributed by atoms with van der Waals surface area (Å²) in [7, 11) is 1.22. The molecule has 0 spiro atoms. The number of ether oxygens (including phenoxy) is 1. The highest BCUT2D eigenvalue weighted by Crippen LogP contribution is 2.26. The van der Waals surface area contributed by atoms with Gasteiger partial charge in [0.05, 0.1) is 23.7 Å². The summed E-state index contributed by atoms with van der Waals surface area (Å²) < 4.78 is 5.96. The van der Waals surface area contributed by atoms with Gasteiger partial charge in [-0.25, -0.2) is 14.5 Å². The van der Waals surface area contributed by atoms with Crippen LogP contribution in [-0.2, 0) is 10.6 Å². The molecule has 0 aliphatic heterocycles. The van der Waals surface area contributed by atoms with E-state index in [9.17, 15) is 9.59 Å². The topological polar surface area (TPSA) is 74.1 Å². The first-order valence-corrected chi connectivity index (χ1v) is 8.94. The highest BCUT2D eigenvalue weighted by atomic mass is 35.5. The summed E-state index contributed by atoms with van der Waals surface area (Å²) in [6, 6.07) is 11.4. The summed E-state index contributed by atoms with van der Waals surface area (Å²) in [4.78, 5) is 28.9. The second-order valence-corrected chi connectivity index (χ2v) is 6.47. The van der Waals surface area contributed by atoms with Gasteiger partial charge in [-0.2, -0.15) is 0 Å². The molecule has 0 atom stereocenters. The molecule has 0 unspecified atom stereocenters. The normalized spacial score (nSPS) is 10.7. The first-order valence-electron chi connectivity index (χ1n) is 7.65. The van der Waals surface area contributed by atoms with Crippen LogP contribution in [-0.4, -0.2) is 33.6 Å². The van der Waals surface area contributed by atoms with Crippen molar-refractivity contribution < 1.29 is 14.3 Å². The summed E-state index contributed by atoms with van der Waals surface area (Å²) in [6.45, 7) is 0. The molecule has 0 radical (unpaired) electrons. The Morgan fingerprint density at radius 1 is 1.11 bits per heavy atom. The second kappa shape index (κ2) is 8.08. The Hall–Kier alpha value is -2.41. The third-order valence-corrected chi connectivity index (χ3v) is 4.52. The Balaban J connectivity index is 2.19. The van der Waals surface area contributed by atoms with Gasteiger partial charge < -0.3 is 4.74 Å². The van der Waals surface area contributed by atoms with E-state index < -0.39 is 5.97 Å². The molecule has 1 heterocycles. The zero-order chi connectivity index (χ0) is 19.6. The van der Waals surface area contributed by atoms with Crippen molar-refractivity contribution >= 4 is 46.6 Å². The van der Waals surface area contributed by atoms with E-state index in [-0.39, 0.29) is 28.9 Å². The number of carbonyl (C=O) groups excluding carboxylic acids is 2. The molecule has 27 heavy (non-hydrogen) atoms. The maximum Gasteiger partial charge on any atom is 0.377 e. The molecule has 3 rings (SSSR count). The van der Waals surface area contributed by atoms with Crippen LogP contribution in [0.25, 0.3) is 5.69 Å². The SMILES string of the molecule is COC(=O)c1nc(CCl)n(-c2ccc(Cl)cc2C(=O)c2ccccc2Cl)n1. The van der Waals surface area contributed by atoms with Crippen LogP contribution in [0, 0.1) is 0 Å². The second-order valence-electron chi connectivity index (χ2n) is 5.36. The smallest absolute Gasteiger partial charge is 0.377 e. The van der Waals surface area contributed by atoms with E-state index in [4.69, 9.17) is 34.8 Å². The van der Waals surface area contributed by atoms with Crippen molar-refractivity contribution in [3.05, 3.63) is 75.3 Å². The fraction of sp³-hybridized carbons (Fsp3) is 0.111. The zero-order valence-corrected chi connectivity index (χ0v) is 16.2. The lowest BCUT2D eigenvalue weighted by atomic mass is 10.0. The largest absolute Gasteiger partial charge is 0.463 e. The van der Waals surface area contributed by atoms with Gasteiger partial charge in [-0.15, -0.1) is 16.7 Å². The van der Waals surface area contributed by atoms with Crippen molar-refractivity contribution in [1.29, 1.82) is 0 Å². The molecule has 6 nitrogen and oxygen atoms in total. The number of ketones is 1. The van der Waals surface area contributed by atoms with Crippen molar-refractivity contribution in [2.45, 2.75) is 5.88 Å². The van der Waals surface area contributed by atoms with Gasteiger partial charge in [-0.05, 0) is 30.3 Å². The van der Waals surface area contributed by atoms with Crippen molar-refractivity contribution in [1.82, 2.24) is 14.8 Å². The number of halogens is 3. The van der Waals surface area contributed by atoms with E-state index in [2.05, 4.69) is 14.8 Å². The van der Waals surface area contributed by atoms with E-state index in [0.29, 0.717) is 21.3 Å². The fourth-order valence-corrected chi connectivity index (χ4v) is 3.03. The highest BCUT2D eigenvalue weighted by molar-refractivity contribution is 6.35. The average Bonchev–Trinajstić information content (AvgIpc) is 3.11. The number of alkyl halides is 1. The summed E-state index contributed by atoms with van der Waals surface area (Å²) in [6.07, 6.45) is 0. The summed E-state index contributed by atoms with van der Waals surface area (Å²) in [5, 5.41) is 4.79. The number of nitrogens with zero attached hydrogens (tertiary/aromatic N) is 3. The molecule has 0 saturated heterocycles. The van der Waals surface area contributed by atoms with E-state index in [0.717, 1.165) is 0 Å². The van der Waals surface area contributed by atoms with Crippen LogP contribution in [0.4, 0.5) is 0 Å². The minimum absolute atomic E-state index is 0.0354. The van der Waals surface area contributed by atoms with Gasteiger partial charge in [0.15, 0.2) is 5.78 Å². The first kappa shape index (κ1) is 19.4. The standard InChI is InChI=1S/C18H12Cl3N3O3/c1-27-18(26)17-22-15(9-19)24(23-17)14-7-6-10(20)8-12(14)16(25)11-4-2-3-5-13(11)21/h2-8H,9H2,1H3. The predicted octanol–water partition coefficient (Wildman–Crippen LogP) is 4.33. The minimum atomic E-state index is -0.715. The molecule has 138 valence electrons. The van der Waals surface area contributed by atoms with Crippen LogP contribution in [0.5, 0.6) is 0 Å². The Morgan fingerprint density at radius 2 is 1.85 bits per heavy atom. The predicted molar refractivity (Wildman–Crippen MR) is 102 cm³/mol. The Labute approximate surface area is 169 Å². The number of aromatic nitrogens is 3. The molecular formula is C18H12Cl3N3O3. The van der Waals surface area contributed by atoms with Gasteiger partial charge in [0.1, 0.15) is 5.82 Å². The molecule has 0 amide bonds. The first-order chi connectivity index (χ1) is 13.0. The zero-order valence-electron chi connectivity index (χ0n) is 13.9. The number of benzene rings is 2. The maximum absolute atomic E-state index is 13.1. The van der Waals surface area contributed by atoms with Gasteiger partial charge in [0.2, 0.25) is 0 Å². The molecule has 0 N–H and O–H groups in total. The Bertz CT molecular complexity index is 1030. The van der Waals surface area contributed by atoms with Crippen LogP contribution in [0.1, 0.15) is 32.4 Å². The fourth-order valence-electron chi connectivity index (χ4n) is 2.47. The molecule has 0 aliphatic rings. The lowest BCUT2D eigenvalue weighted by molar-refractivity contribution is 0.0586. The molecule has 0 saturated carbocycles. The van der Waals surface area contributed by atoms with Crippen LogP contribution in [0.3, 0.4) is 0 Å². The van der Waals surface area contributed by atoms with Gasteiger partial charge in [0, 0.05) is 16.1 Å². The highest BCUT2D eigenvalue weighted by Gasteiger charge is 2.23. The van der Waals surface area contributed by atoms with E-state index >= 15 is 0 Å². The van der Waals surface area contributed by atoms with E-state index in [1.165, 1.54) is 17.9 Å². The minimum Gasteiger partial charge on any atom is -0.463 e. The van der Waals surface area contributed by atoms with Crippen LogP contribution in [0.15, 0.2) is 42.5 Å². The van der Waals surface area contributed by atoms with Crippen LogP contribution < -0.4 is 0 Å². The van der Waals surface area contributed by atoms with Gasteiger partial charge in [-0.3, -0.25) is 4.79 Å². The number of methoxy groups -OCH3 is 1. The number of hydrogen-bond donors (Lipinski definition) is 0. The molecule has 3 aromatic rings. The van der Waals surface area contributed by atoms with Gasteiger partial charge in [0.25, 0.3) is 5.82 Å². The van der Waals surface area contributed by atoms with E-state index in [1.54, 1.807) is 36.4 Å². The number of rotatable bonds is 5. The van der Waals surface area contributed by atoms with Crippen molar-refractivity contribution in [3.8, 4) is 5.69 Å².